The highest BCUT2D eigenvalue weighted by Gasteiger charge is 2.34. The highest BCUT2D eigenvalue weighted by atomic mass is 32.2. The second-order valence-corrected chi connectivity index (χ2v) is 6.97. The van der Waals surface area contributed by atoms with Crippen LogP contribution in [-0.4, -0.2) is 32.5 Å². The number of rotatable bonds is 7. The molecule has 2 aromatic carbocycles. The molecule has 0 aliphatic carbocycles. The van der Waals surface area contributed by atoms with E-state index in [-0.39, 0.29) is 6.61 Å². The van der Waals surface area contributed by atoms with Gasteiger partial charge in [-0.25, -0.2) is 17.2 Å². The lowest BCUT2D eigenvalue weighted by atomic mass is 10.3. The molecule has 0 radical (unpaired) electrons. The Bertz CT molecular complexity index is 981. The average molecular weight is 400 g/mol. The number of nitro benzene ring substituents is 1. The Morgan fingerprint density at radius 1 is 1.22 bits per heavy atom. The van der Waals surface area contributed by atoms with E-state index in [0.29, 0.717) is 10.4 Å². The van der Waals surface area contributed by atoms with Gasteiger partial charge in [-0.3, -0.25) is 19.2 Å². The number of para-hydroxylation sites is 1. The maximum atomic E-state index is 14.2. The number of esters is 1. The highest BCUT2D eigenvalue weighted by Crippen LogP contribution is 2.31. The fourth-order valence-electron chi connectivity index (χ4n) is 2.25. The number of nitrogens with zero attached hydrogens (tertiary/aromatic N) is 2. The lowest BCUT2D eigenvalue weighted by Gasteiger charge is -2.23. The van der Waals surface area contributed by atoms with E-state index < -0.39 is 55.4 Å². The van der Waals surface area contributed by atoms with Crippen LogP contribution >= 0.6 is 0 Å². The molecule has 27 heavy (non-hydrogen) atoms. The molecule has 0 aromatic heterocycles. The molecule has 11 heteroatoms. The summed E-state index contributed by atoms with van der Waals surface area (Å²) in [6.07, 6.45) is 0. The fraction of sp³-hybridized carbons (Fsp3) is 0.188. The molecule has 8 nitrogen and oxygen atoms in total. The fourth-order valence-corrected chi connectivity index (χ4v) is 3.83. The van der Waals surface area contributed by atoms with Crippen LogP contribution in [0.2, 0.25) is 0 Å². The summed E-state index contributed by atoms with van der Waals surface area (Å²) in [5.74, 6) is -3.24. The predicted octanol–water partition coefficient (Wildman–Crippen LogP) is 2.63. The van der Waals surface area contributed by atoms with Crippen molar-refractivity contribution in [2.75, 3.05) is 17.5 Å². The summed E-state index contributed by atoms with van der Waals surface area (Å²) in [5, 5.41) is 11.2. The van der Waals surface area contributed by atoms with Crippen molar-refractivity contribution in [1.29, 1.82) is 0 Å². The largest absolute Gasteiger partial charge is 0.465 e. The third-order valence-corrected chi connectivity index (χ3v) is 5.19. The Hall–Kier alpha value is -3.08. The van der Waals surface area contributed by atoms with Crippen molar-refractivity contribution in [2.45, 2.75) is 11.8 Å². The molecular formula is C16H14F2N2O6S. The number of carbonyl (C=O) groups is 1. The van der Waals surface area contributed by atoms with Gasteiger partial charge in [0.2, 0.25) is 0 Å². The van der Waals surface area contributed by atoms with Gasteiger partial charge in [0.15, 0.2) is 4.90 Å². The van der Waals surface area contributed by atoms with Crippen LogP contribution in [-0.2, 0) is 19.6 Å². The maximum absolute atomic E-state index is 14.2. The molecule has 2 rings (SSSR count). The minimum atomic E-state index is -4.75. The zero-order chi connectivity index (χ0) is 20.2. The minimum absolute atomic E-state index is 0.0654. The second kappa shape index (κ2) is 8.08. The van der Waals surface area contributed by atoms with E-state index >= 15 is 0 Å². The first-order chi connectivity index (χ1) is 12.7. The number of anilines is 1. The Labute approximate surface area is 153 Å². The van der Waals surface area contributed by atoms with Crippen molar-refractivity contribution in [3.63, 3.8) is 0 Å². The van der Waals surface area contributed by atoms with Crippen LogP contribution in [0.15, 0.2) is 47.4 Å². The van der Waals surface area contributed by atoms with Crippen LogP contribution in [0.3, 0.4) is 0 Å². The van der Waals surface area contributed by atoms with Crippen LogP contribution in [0.5, 0.6) is 0 Å². The van der Waals surface area contributed by atoms with E-state index in [9.17, 15) is 32.1 Å². The Morgan fingerprint density at radius 3 is 2.48 bits per heavy atom. The molecule has 0 spiro atoms. The number of halogens is 2. The zero-order valence-corrected chi connectivity index (χ0v) is 14.8. The van der Waals surface area contributed by atoms with E-state index in [0.717, 1.165) is 24.3 Å². The first-order valence-electron chi connectivity index (χ1n) is 7.55. The summed E-state index contributed by atoms with van der Waals surface area (Å²) in [6.45, 7) is 0.464. The highest BCUT2D eigenvalue weighted by molar-refractivity contribution is 7.93. The molecule has 0 fully saturated rings. The number of hydrogen-bond donors (Lipinski definition) is 0. The van der Waals surface area contributed by atoms with Crippen LogP contribution in [0.25, 0.3) is 0 Å². The third kappa shape index (κ3) is 4.37. The monoisotopic (exact) mass is 400 g/mol. The molecule has 0 saturated heterocycles. The van der Waals surface area contributed by atoms with Crippen molar-refractivity contribution >= 4 is 27.4 Å². The first-order valence-corrected chi connectivity index (χ1v) is 8.99. The molecule has 0 heterocycles. The second-order valence-electron chi connectivity index (χ2n) is 5.14. The van der Waals surface area contributed by atoms with Gasteiger partial charge in [-0.1, -0.05) is 12.1 Å². The third-order valence-electron chi connectivity index (χ3n) is 3.39. The van der Waals surface area contributed by atoms with Crippen molar-refractivity contribution in [3.05, 3.63) is 64.2 Å². The molecule has 0 amide bonds. The predicted molar refractivity (Wildman–Crippen MR) is 90.6 cm³/mol. The van der Waals surface area contributed by atoms with Gasteiger partial charge in [0.1, 0.15) is 18.2 Å². The van der Waals surface area contributed by atoms with Gasteiger partial charge < -0.3 is 4.74 Å². The van der Waals surface area contributed by atoms with Crippen LogP contribution < -0.4 is 4.31 Å². The number of benzene rings is 2. The van der Waals surface area contributed by atoms with Crippen LogP contribution in [0.4, 0.5) is 20.2 Å². The van der Waals surface area contributed by atoms with Crippen LogP contribution in [0, 0.1) is 21.7 Å². The van der Waals surface area contributed by atoms with E-state index in [1.54, 1.807) is 0 Å². The van der Waals surface area contributed by atoms with E-state index in [1.165, 1.54) is 19.1 Å². The van der Waals surface area contributed by atoms with Gasteiger partial charge in [0.25, 0.3) is 15.7 Å². The number of sulfonamides is 1. The normalized spacial score (nSPS) is 11.1. The zero-order valence-electron chi connectivity index (χ0n) is 14.0. The standard InChI is InChI=1S/C16H14F2N2O6S/c1-2-26-16(21)10-19(13-8-7-11(17)9-12(13)18)27(24,25)15-6-4-3-5-14(15)20(22)23/h3-9H,2,10H2,1H3. The Morgan fingerprint density at radius 2 is 1.89 bits per heavy atom. The van der Waals surface area contributed by atoms with Gasteiger partial charge in [-0.05, 0) is 25.1 Å². The molecule has 0 unspecified atom stereocenters. The Balaban J connectivity index is 2.65. The van der Waals surface area contributed by atoms with Crippen molar-refractivity contribution in [2.24, 2.45) is 0 Å². The minimum Gasteiger partial charge on any atom is -0.465 e. The van der Waals surface area contributed by atoms with Crippen molar-refractivity contribution in [3.8, 4) is 0 Å². The first kappa shape index (κ1) is 20.2. The number of hydrogen-bond acceptors (Lipinski definition) is 6. The topological polar surface area (TPSA) is 107 Å². The molecule has 2 aromatic rings. The smallest absolute Gasteiger partial charge is 0.326 e. The van der Waals surface area contributed by atoms with Gasteiger partial charge in [0, 0.05) is 12.1 Å². The summed E-state index contributed by atoms with van der Waals surface area (Å²) in [5.41, 5.74) is -1.41. The maximum Gasteiger partial charge on any atom is 0.326 e. The van der Waals surface area contributed by atoms with Crippen LogP contribution in [0.1, 0.15) is 6.92 Å². The molecule has 0 saturated carbocycles. The summed E-state index contributed by atoms with van der Waals surface area (Å²) >= 11 is 0. The summed E-state index contributed by atoms with van der Waals surface area (Å²) in [6, 6.07) is 6.45. The number of carbonyl (C=O) groups excluding carboxylic acids is 1. The average Bonchev–Trinajstić information content (AvgIpc) is 2.60. The number of ether oxygens (including phenoxy) is 1. The van der Waals surface area contributed by atoms with E-state index in [2.05, 4.69) is 0 Å². The van der Waals surface area contributed by atoms with E-state index in [1.807, 2.05) is 0 Å². The Kier molecular flexibility index (Phi) is 6.05. The lowest BCUT2D eigenvalue weighted by molar-refractivity contribution is -0.387. The molecule has 0 atom stereocenters. The van der Waals surface area contributed by atoms with Crippen molar-refractivity contribution in [1.82, 2.24) is 0 Å². The lowest BCUT2D eigenvalue weighted by Crippen LogP contribution is -2.37. The summed E-state index contributed by atoms with van der Waals surface area (Å²) in [7, 11) is -4.75. The molecule has 0 aliphatic heterocycles. The SMILES string of the molecule is CCOC(=O)CN(c1ccc(F)cc1F)S(=O)(=O)c1ccccc1[N+](=O)[O-]. The quantitative estimate of drug-likeness (QED) is 0.402. The van der Waals surface area contributed by atoms with Gasteiger partial charge in [-0.15, -0.1) is 0 Å². The van der Waals surface area contributed by atoms with Gasteiger partial charge >= 0.3 is 5.97 Å². The van der Waals surface area contributed by atoms with Gasteiger partial charge in [0.05, 0.1) is 17.2 Å². The van der Waals surface area contributed by atoms with Gasteiger partial charge in [-0.2, -0.15) is 0 Å². The molecule has 0 aliphatic rings. The molecule has 0 bridgehead atoms. The molecular weight excluding hydrogens is 386 g/mol. The molecule has 144 valence electrons. The van der Waals surface area contributed by atoms with Crippen molar-refractivity contribution < 1.29 is 31.7 Å². The number of nitro groups is 1. The summed E-state index contributed by atoms with van der Waals surface area (Å²) < 4.78 is 58.4. The van der Waals surface area contributed by atoms with E-state index in [4.69, 9.17) is 4.74 Å². The summed E-state index contributed by atoms with van der Waals surface area (Å²) in [4.78, 5) is 21.3. The molecule has 0 N–H and O–H groups in total.